The van der Waals surface area contributed by atoms with Gasteiger partial charge in [0.1, 0.15) is 5.82 Å². The summed E-state index contributed by atoms with van der Waals surface area (Å²) in [6.45, 7) is 3.12. The van der Waals surface area contributed by atoms with Crippen molar-refractivity contribution >= 4 is 0 Å². The number of nitrogens with zero attached hydrogens (tertiary/aromatic N) is 1. The van der Waals surface area contributed by atoms with Gasteiger partial charge in [-0.2, -0.15) is 5.26 Å². The van der Waals surface area contributed by atoms with Crippen LogP contribution in [0.2, 0.25) is 0 Å². The van der Waals surface area contributed by atoms with E-state index in [1.54, 1.807) is 13.2 Å². The van der Waals surface area contributed by atoms with Crippen LogP contribution in [0.1, 0.15) is 24.5 Å². The molecule has 0 amide bonds. The highest BCUT2D eigenvalue weighted by Crippen LogP contribution is 2.10. The maximum Gasteiger partial charge on any atom is 0.127 e. The standard InChI is InChI=1S/C13H17FN2O/c1-10(5-6-17-2)16-9-12-7-11(8-15)3-4-13(12)14/h3-4,7,10,16H,5-6,9H2,1-2H3. The number of nitriles is 1. The van der Waals surface area contributed by atoms with Gasteiger partial charge in [0.2, 0.25) is 0 Å². The summed E-state index contributed by atoms with van der Waals surface area (Å²) in [5.74, 6) is -0.282. The summed E-state index contributed by atoms with van der Waals surface area (Å²) >= 11 is 0. The molecule has 0 aliphatic rings. The molecule has 17 heavy (non-hydrogen) atoms. The number of halogens is 1. The van der Waals surface area contributed by atoms with Crippen molar-refractivity contribution < 1.29 is 9.13 Å². The maximum atomic E-state index is 13.4. The minimum Gasteiger partial charge on any atom is -0.385 e. The summed E-state index contributed by atoms with van der Waals surface area (Å²) in [7, 11) is 1.66. The Morgan fingerprint density at radius 1 is 1.53 bits per heavy atom. The fourth-order valence-electron chi connectivity index (χ4n) is 1.46. The van der Waals surface area contributed by atoms with Crippen LogP contribution in [0.25, 0.3) is 0 Å². The first-order valence-corrected chi connectivity index (χ1v) is 5.58. The molecule has 1 aromatic rings. The molecule has 0 aliphatic carbocycles. The molecular weight excluding hydrogens is 219 g/mol. The lowest BCUT2D eigenvalue weighted by molar-refractivity contribution is 0.184. The van der Waals surface area contributed by atoms with Gasteiger partial charge in [-0.1, -0.05) is 0 Å². The number of methoxy groups -OCH3 is 1. The quantitative estimate of drug-likeness (QED) is 0.823. The summed E-state index contributed by atoms with van der Waals surface area (Å²) in [6.07, 6.45) is 0.871. The van der Waals surface area contributed by atoms with Gasteiger partial charge in [-0.05, 0) is 31.5 Å². The van der Waals surface area contributed by atoms with Gasteiger partial charge in [0.15, 0.2) is 0 Å². The molecule has 0 fully saturated rings. The Labute approximate surface area is 101 Å². The molecule has 92 valence electrons. The van der Waals surface area contributed by atoms with E-state index in [-0.39, 0.29) is 11.9 Å². The minimum atomic E-state index is -0.282. The second-order valence-corrected chi connectivity index (χ2v) is 3.98. The Kier molecular flexibility index (Phi) is 5.61. The van der Waals surface area contributed by atoms with Crippen LogP contribution in [0.5, 0.6) is 0 Å². The zero-order valence-electron chi connectivity index (χ0n) is 10.2. The van der Waals surface area contributed by atoms with Crippen molar-refractivity contribution in [3.63, 3.8) is 0 Å². The van der Waals surface area contributed by atoms with Gasteiger partial charge in [0.25, 0.3) is 0 Å². The molecule has 1 atom stereocenters. The van der Waals surface area contributed by atoms with E-state index in [1.807, 2.05) is 13.0 Å². The van der Waals surface area contributed by atoms with Crippen molar-refractivity contribution in [3.8, 4) is 6.07 Å². The first-order valence-electron chi connectivity index (χ1n) is 5.58. The maximum absolute atomic E-state index is 13.4. The van der Waals surface area contributed by atoms with Gasteiger partial charge < -0.3 is 10.1 Å². The lowest BCUT2D eigenvalue weighted by atomic mass is 10.1. The SMILES string of the molecule is COCCC(C)NCc1cc(C#N)ccc1F. The molecule has 0 radical (unpaired) electrons. The van der Waals surface area contributed by atoms with E-state index in [9.17, 15) is 4.39 Å². The lowest BCUT2D eigenvalue weighted by Gasteiger charge is -2.13. The van der Waals surface area contributed by atoms with Gasteiger partial charge in [-0.15, -0.1) is 0 Å². The normalized spacial score (nSPS) is 12.1. The Hall–Kier alpha value is -1.44. The van der Waals surface area contributed by atoms with Crippen molar-refractivity contribution in [1.82, 2.24) is 5.32 Å². The zero-order valence-corrected chi connectivity index (χ0v) is 10.2. The Balaban J connectivity index is 2.54. The smallest absolute Gasteiger partial charge is 0.127 e. The third-order valence-corrected chi connectivity index (χ3v) is 2.57. The zero-order chi connectivity index (χ0) is 12.7. The van der Waals surface area contributed by atoms with Crippen molar-refractivity contribution in [1.29, 1.82) is 5.26 Å². The van der Waals surface area contributed by atoms with Gasteiger partial charge in [0, 0.05) is 31.9 Å². The topological polar surface area (TPSA) is 45.0 Å². The molecule has 1 N–H and O–H groups in total. The average Bonchev–Trinajstić information content (AvgIpc) is 2.35. The van der Waals surface area contributed by atoms with Crippen molar-refractivity contribution in [2.24, 2.45) is 0 Å². The highest BCUT2D eigenvalue weighted by molar-refractivity contribution is 5.33. The fourth-order valence-corrected chi connectivity index (χ4v) is 1.46. The average molecular weight is 236 g/mol. The molecular formula is C13H17FN2O. The van der Waals surface area contributed by atoms with Gasteiger partial charge in [0.05, 0.1) is 11.6 Å². The van der Waals surface area contributed by atoms with Crippen LogP contribution in [0.3, 0.4) is 0 Å². The highest BCUT2D eigenvalue weighted by atomic mass is 19.1. The van der Waals surface area contributed by atoms with E-state index in [1.165, 1.54) is 12.1 Å². The van der Waals surface area contributed by atoms with E-state index >= 15 is 0 Å². The lowest BCUT2D eigenvalue weighted by Crippen LogP contribution is -2.27. The van der Waals surface area contributed by atoms with E-state index in [4.69, 9.17) is 10.00 Å². The molecule has 4 heteroatoms. The largest absolute Gasteiger partial charge is 0.385 e. The highest BCUT2D eigenvalue weighted by Gasteiger charge is 2.06. The second kappa shape index (κ2) is 7.00. The number of hydrogen-bond acceptors (Lipinski definition) is 3. The van der Waals surface area contributed by atoms with Gasteiger partial charge in [-0.25, -0.2) is 4.39 Å². The molecule has 0 bridgehead atoms. The molecule has 1 aromatic carbocycles. The predicted octanol–water partition coefficient (Wildman–Crippen LogP) is 2.21. The molecule has 0 aliphatic heterocycles. The van der Waals surface area contributed by atoms with Crippen LogP contribution in [-0.4, -0.2) is 19.8 Å². The first-order chi connectivity index (χ1) is 8.17. The van der Waals surface area contributed by atoms with E-state index in [0.29, 0.717) is 24.3 Å². The van der Waals surface area contributed by atoms with Crippen molar-refractivity contribution in [3.05, 3.63) is 35.1 Å². The van der Waals surface area contributed by atoms with Crippen LogP contribution in [0.4, 0.5) is 4.39 Å². The molecule has 0 saturated heterocycles. The van der Waals surface area contributed by atoms with Crippen molar-refractivity contribution in [2.75, 3.05) is 13.7 Å². The molecule has 0 spiro atoms. The van der Waals surface area contributed by atoms with Crippen LogP contribution < -0.4 is 5.32 Å². The second-order valence-electron chi connectivity index (χ2n) is 3.98. The van der Waals surface area contributed by atoms with E-state index < -0.39 is 0 Å². The molecule has 0 heterocycles. The van der Waals surface area contributed by atoms with Crippen LogP contribution >= 0.6 is 0 Å². The third-order valence-electron chi connectivity index (χ3n) is 2.57. The number of rotatable bonds is 6. The summed E-state index contributed by atoms with van der Waals surface area (Å²) < 4.78 is 18.4. The van der Waals surface area contributed by atoms with E-state index in [2.05, 4.69) is 5.32 Å². The van der Waals surface area contributed by atoms with Crippen molar-refractivity contribution in [2.45, 2.75) is 25.9 Å². The number of nitrogens with one attached hydrogen (secondary N) is 1. The summed E-state index contributed by atoms with van der Waals surface area (Å²) in [5, 5.41) is 11.9. The number of benzene rings is 1. The number of ether oxygens (including phenoxy) is 1. The predicted molar refractivity (Wildman–Crippen MR) is 63.9 cm³/mol. The summed E-state index contributed by atoms with van der Waals surface area (Å²) in [4.78, 5) is 0. The van der Waals surface area contributed by atoms with Gasteiger partial charge >= 0.3 is 0 Å². The third kappa shape index (κ3) is 4.51. The minimum absolute atomic E-state index is 0.250. The fraction of sp³-hybridized carbons (Fsp3) is 0.462. The molecule has 0 saturated carbocycles. The Morgan fingerprint density at radius 3 is 2.94 bits per heavy atom. The van der Waals surface area contributed by atoms with Gasteiger partial charge in [-0.3, -0.25) is 0 Å². The summed E-state index contributed by atoms with van der Waals surface area (Å²) in [5.41, 5.74) is 1.00. The molecule has 0 aromatic heterocycles. The monoisotopic (exact) mass is 236 g/mol. The van der Waals surface area contributed by atoms with Crippen LogP contribution in [-0.2, 0) is 11.3 Å². The Morgan fingerprint density at radius 2 is 2.29 bits per heavy atom. The molecule has 1 unspecified atom stereocenters. The van der Waals surface area contributed by atoms with Crippen LogP contribution in [0.15, 0.2) is 18.2 Å². The first kappa shape index (κ1) is 13.6. The van der Waals surface area contributed by atoms with Crippen LogP contribution in [0, 0.1) is 17.1 Å². The number of hydrogen-bond donors (Lipinski definition) is 1. The summed E-state index contributed by atoms with van der Waals surface area (Å²) in [6, 6.07) is 6.64. The van der Waals surface area contributed by atoms with E-state index in [0.717, 1.165) is 6.42 Å². The molecule has 1 rings (SSSR count). The molecule has 3 nitrogen and oxygen atoms in total. The Bertz CT molecular complexity index is 401.